The predicted octanol–water partition coefficient (Wildman–Crippen LogP) is 3.35. The van der Waals surface area contributed by atoms with Crippen LogP contribution in [-0.2, 0) is 32.5 Å². The number of rotatable bonds is 6. The number of aryl methyl sites for hydroxylation is 2. The molecule has 2 aromatic rings. The van der Waals surface area contributed by atoms with E-state index < -0.39 is 15.9 Å². The Bertz CT molecular complexity index is 1250. The normalized spacial score (nSPS) is 20.7. The Morgan fingerprint density at radius 1 is 1.00 bits per heavy atom. The van der Waals surface area contributed by atoms with Crippen LogP contribution in [0.4, 0.5) is 11.4 Å². The number of benzene rings is 2. The Hall–Kier alpha value is -2.91. The highest BCUT2D eigenvalue weighted by atomic mass is 32.2. The van der Waals surface area contributed by atoms with Gasteiger partial charge in [-0.3, -0.25) is 9.59 Å². The van der Waals surface area contributed by atoms with Crippen LogP contribution in [-0.4, -0.2) is 51.3 Å². The summed E-state index contributed by atoms with van der Waals surface area (Å²) >= 11 is 0. The number of carbonyl (C=O) groups excluding carboxylic acids is 2. The van der Waals surface area contributed by atoms with Gasteiger partial charge in [-0.15, -0.1) is 0 Å². The van der Waals surface area contributed by atoms with E-state index in [0.29, 0.717) is 24.5 Å². The number of piperidine rings is 1. The number of anilines is 2. The van der Waals surface area contributed by atoms with Crippen LogP contribution in [0.1, 0.15) is 43.2 Å². The zero-order valence-electron chi connectivity index (χ0n) is 20.0. The zero-order valence-corrected chi connectivity index (χ0v) is 20.8. The molecule has 1 N–H and O–H groups in total. The molecule has 5 rings (SSSR count). The highest BCUT2D eigenvalue weighted by Crippen LogP contribution is 2.33. The highest BCUT2D eigenvalue weighted by Gasteiger charge is 2.36. The molecule has 186 valence electrons. The Morgan fingerprint density at radius 2 is 1.77 bits per heavy atom. The fourth-order valence-electron chi connectivity index (χ4n) is 5.29. The van der Waals surface area contributed by atoms with Crippen molar-refractivity contribution in [2.24, 2.45) is 5.92 Å². The third-order valence-electron chi connectivity index (χ3n) is 7.27. The lowest BCUT2D eigenvalue weighted by atomic mass is 10.1. The number of ether oxygens (including phenoxy) is 1. The molecule has 0 bridgehead atoms. The molecule has 1 aliphatic carbocycles. The zero-order chi connectivity index (χ0) is 24.6. The van der Waals surface area contributed by atoms with Gasteiger partial charge in [0.1, 0.15) is 5.75 Å². The van der Waals surface area contributed by atoms with Gasteiger partial charge in [-0.25, -0.2) is 8.42 Å². The number of methoxy groups -OCH3 is 1. The first-order valence-corrected chi connectivity index (χ1v) is 13.7. The Morgan fingerprint density at radius 3 is 2.54 bits per heavy atom. The minimum atomic E-state index is -3.66. The summed E-state index contributed by atoms with van der Waals surface area (Å²) in [5, 5.41) is 2.83. The van der Waals surface area contributed by atoms with Crippen LogP contribution in [0.15, 0.2) is 41.3 Å². The second-order valence-corrected chi connectivity index (χ2v) is 11.5. The van der Waals surface area contributed by atoms with Gasteiger partial charge in [0.15, 0.2) is 0 Å². The van der Waals surface area contributed by atoms with E-state index in [2.05, 4.69) is 17.4 Å². The first-order chi connectivity index (χ1) is 16.9. The molecule has 35 heavy (non-hydrogen) atoms. The standard InChI is InChI=1S/C26H31N3O5S/c1-34-24-11-10-22(35(32,33)28-12-3-2-4-13-28)16-23(24)27-26(31)20-15-25(30)29(17-20)21-9-8-18-6-5-7-19(18)14-21/h8-11,14,16,20H,2-7,12-13,15,17H2,1H3,(H,27,31). The van der Waals surface area contributed by atoms with Crippen molar-refractivity contribution < 1.29 is 22.7 Å². The third kappa shape index (κ3) is 4.67. The fourth-order valence-corrected chi connectivity index (χ4v) is 6.84. The van der Waals surface area contributed by atoms with Gasteiger partial charge in [-0.05, 0) is 73.6 Å². The molecule has 3 aliphatic rings. The van der Waals surface area contributed by atoms with Crippen LogP contribution in [0.2, 0.25) is 0 Å². The molecule has 2 saturated heterocycles. The molecule has 2 heterocycles. The van der Waals surface area contributed by atoms with Crippen LogP contribution in [0, 0.1) is 5.92 Å². The average molecular weight is 498 g/mol. The topological polar surface area (TPSA) is 96.0 Å². The maximum atomic E-state index is 13.1. The Balaban J connectivity index is 1.33. The maximum Gasteiger partial charge on any atom is 0.243 e. The van der Waals surface area contributed by atoms with E-state index in [1.807, 2.05) is 6.07 Å². The number of nitrogens with one attached hydrogen (secondary N) is 1. The van der Waals surface area contributed by atoms with Crippen molar-refractivity contribution in [2.45, 2.75) is 49.8 Å². The van der Waals surface area contributed by atoms with Gasteiger partial charge in [0.25, 0.3) is 0 Å². The van der Waals surface area contributed by atoms with Crippen molar-refractivity contribution in [3.63, 3.8) is 0 Å². The minimum Gasteiger partial charge on any atom is -0.495 e. The van der Waals surface area contributed by atoms with Gasteiger partial charge >= 0.3 is 0 Å². The number of amides is 2. The lowest BCUT2D eigenvalue weighted by Crippen LogP contribution is -2.35. The van der Waals surface area contributed by atoms with E-state index in [9.17, 15) is 18.0 Å². The highest BCUT2D eigenvalue weighted by molar-refractivity contribution is 7.89. The van der Waals surface area contributed by atoms with Crippen molar-refractivity contribution in [3.8, 4) is 5.75 Å². The lowest BCUT2D eigenvalue weighted by molar-refractivity contribution is -0.122. The van der Waals surface area contributed by atoms with E-state index >= 15 is 0 Å². The summed E-state index contributed by atoms with van der Waals surface area (Å²) in [6, 6.07) is 10.6. The van der Waals surface area contributed by atoms with E-state index in [4.69, 9.17) is 4.74 Å². The monoisotopic (exact) mass is 497 g/mol. The molecule has 0 saturated carbocycles. The van der Waals surface area contributed by atoms with Crippen LogP contribution in [0.3, 0.4) is 0 Å². The molecule has 2 aliphatic heterocycles. The van der Waals surface area contributed by atoms with Gasteiger partial charge in [-0.2, -0.15) is 4.31 Å². The first-order valence-electron chi connectivity index (χ1n) is 12.3. The van der Waals surface area contributed by atoms with Crippen molar-refractivity contribution >= 4 is 33.2 Å². The molecule has 0 radical (unpaired) electrons. The summed E-state index contributed by atoms with van der Waals surface area (Å²) in [7, 11) is -2.19. The third-order valence-corrected chi connectivity index (χ3v) is 9.17. The summed E-state index contributed by atoms with van der Waals surface area (Å²) in [5.74, 6) is -0.581. The molecule has 2 amide bonds. The Kier molecular flexibility index (Phi) is 6.55. The lowest BCUT2D eigenvalue weighted by Gasteiger charge is -2.26. The van der Waals surface area contributed by atoms with Crippen LogP contribution >= 0.6 is 0 Å². The van der Waals surface area contributed by atoms with Crippen molar-refractivity contribution in [3.05, 3.63) is 47.5 Å². The maximum absolute atomic E-state index is 13.1. The average Bonchev–Trinajstić information content (AvgIpc) is 3.50. The number of fused-ring (bicyclic) bond motifs is 1. The van der Waals surface area contributed by atoms with E-state index in [1.54, 1.807) is 11.0 Å². The van der Waals surface area contributed by atoms with Crippen LogP contribution < -0.4 is 15.0 Å². The quantitative estimate of drug-likeness (QED) is 0.660. The molecule has 1 unspecified atom stereocenters. The minimum absolute atomic E-state index is 0.0866. The number of nitrogens with zero attached hydrogens (tertiary/aromatic N) is 2. The molecular weight excluding hydrogens is 466 g/mol. The molecular formula is C26H31N3O5S. The summed E-state index contributed by atoms with van der Waals surface area (Å²) in [6.45, 7) is 1.29. The van der Waals surface area contributed by atoms with E-state index in [0.717, 1.165) is 44.2 Å². The summed E-state index contributed by atoms with van der Waals surface area (Å²) in [5.41, 5.74) is 3.73. The van der Waals surface area contributed by atoms with Gasteiger partial charge in [0.2, 0.25) is 21.8 Å². The fraction of sp³-hybridized carbons (Fsp3) is 0.462. The number of hydrogen-bond donors (Lipinski definition) is 1. The molecule has 8 nitrogen and oxygen atoms in total. The van der Waals surface area contributed by atoms with Crippen LogP contribution in [0.25, 0.3) is 0 Å². The van der Waals surface area contributed by atoms with Gasteiger partial charge < -0.3 is 15.0 Å². The smallest absolute Gasteiger partial charge is 0.243 e. The summed E-state index contributed by atoms with van der Waals surface area (Å²) < 4.78 is 33.1. The second-order valence-electron chi connectivity index (χ2n) is 9.53. The number of hydrogen-bond acceptors (Lipinski definition) is 5. The first kappa shape index (κ1) is 23.8. The molecule has 2 fully saturated rings. The van der Waals surface area contributed by atoms with Gasteiger partial charge in [0, 0.05) is 31.7 Å². The molecule has 1 atom stereocenters. The number of sulfonamides is 1. The van der Waals surface area contributed by atoms with Crippen LogP contribution in [0.5, 0.6) is 5.75 Å². The Labute approximate surface area is 206 Å². The van der Waals surface area contributed by atoms with Crippen molar-refractivity contribution in [2.75, 3.05) is 37.0 Å². The largest absolute Gasteiger partial charge is 0.495 e. The molecule has 0 aromatic heterocycles. The molecule has 9 heteroatoms. The van der Waals surface area contributed by atoms with E-state index in [1.165, 1.54) is 34.7 Å². The molecule has 2 aromatic carbocycles. The second kappa shape index (κ2) is 9.62. The SMILES string of the molecule is COc1ccc(S(=O)(=O)N2CCCCC2)cc1NC(=O)C1CC(=O)N(c2ccc3c(c2)CCC3)C1. The van der Waals surface area contributed by atoms with E-state index in [-0.39, 0.29) is 29.7 Å². The molecule has 0 spiro atoms. The van der Waals surface area contributed by atoms with Crippen molar-refractivity contribution in [1.29, 1.82) is 0 Å². The summed E-state index contributed by atoms with van der Waals surface area (Å²) in [6.07, 6.45) is 6.04. The predicted molar refractivity (Wildman–Crippen MR) is 133 cm³/mol. The van der Waals surface area contributed by atoms with Crippen molar-refractivity contribution in [1.82, 2.24) is 4.31 Å². The van der Waals surface area contributed by atoms with Gasteiger partial charge in [-0.1, -0.05) is 12.5 Å². The number of carbonyl (C=O) groups is 2. The summed E-state index contributed by atoms with van der Waals surface area (Å²) in [4.78, 5) is 27.7. The van der Waals surface area contributed by atoms with Gasteiger partial charge in [0.05, 0.1) is 23.6 Å².